The minimum Gasteiger partial charge on any atom is -0.480 e. The third-order valence-corrected chi connectivity index (χ3v) is 4.50. The summed E-state index contributed by atoms with van der Waals surface area (Å²) in [5.41, 5.74) is -1.15. The average Bonchev–Trinajstić information content (AvgIpc) is 3.29. The maximum Gasteiger partial charge on any atom is 0.329 e. The fourth-order valence-corrected chi connectivity index (χ4v) is 2.75. The fraction of sp³-hybridized carbons (Fsp3) is 0.857. The molecule has 0 aromatic heterocycles. The highest BCUT2D eigenvalue weighted by Crippen LogP contribution is 2.35. The number of aliphatic carboxylic acids is 1. The van der Waals surface area contributed by atoms with Crippen LogP contribution in [0.1, 0.15) is 38.5 Å². The standard InChI is InChI=1S/C14H22N2O4/c17-12(18)14(5-7-20-8-6-14)15-13(19)16(11-3-4-11)9-10-1-2-10/h10-11H,1-9H2,(H,15,19)(H,17,18). The number of hydrogen-bond donors (Lipinski definition) is 2. The van der Waals surface area contributed by atoms with Crippen LogP contribution < -0.4 is 5.32 Å². The van der Waals surface area contributed by atoms with Gasteiger partial charge in [-0.2, -0.15) is 0 Å². The predicted octanol–water partition coefficient (Wildman–Crippen LogP) is 1.20. The smallest absolute Gasteiger partial charge is 0.329 e. The van der Waals surface area contributed by atoms with Gasteiger partial charge in [0.15, 0.2) is 0 Å². The first kappa shape index (κ1) is 13.7. The summed E-state index contributed by atoms with van der Waals surface area (Å²) in [4.78, 5) is 25.9. The van der Waals surface area contributed by atoms with Crippen molar-refractivity contribution in [2.24, 2.45) is 5.92 Å². The lowest BCUT2D eigenvalue weighted by Crippen LogP contribution is -2.60. The molecule has 1 heterocycles. The molecule has 2 amide bonds. The van der Waals surface area contributed by atoms with Crippen LogP contribution in [0.5, 0.6) is 0 Å². The van der Waals surface area contributed by atoms with Crippen molar-refractivity contribution in [2.45, 2.75) is 50.1 Å². The van der Waals surface area contributed by atoms with Crippen LogP contribution in [0.25, 0.3) is 0 Å². The van der Waals surface area contributed by atoms with E-state index in [9.17, 15) is 14.7 Å². The topological polar surface area (TPSA) is 78.9 Å². The Kier molecular flexibility index (Phi) is 3.58. The van der Waals surface area contributed by atoms with Crippen LogP contribution >= 0.6 is 0 Å². The largest absolute Gasteiger partial charge is 0.480 e. The summed E-state index contributed by atoms with van der Waals surface area (Å²) in [6.07, 6.45) is 5.15. The summed E-state index contributed by atoms with van der Waals surface area (Å²) in [5, 5.41) is 12.3. The van der Waals surface area contributed by atoms with Crippen LogP contribution in [-0.2, 0) is 9.53 Å². The first-order valence-corrected chi connectivity index (χ1v) is 7.51. The molecule has 3 rings (SSSR count). The van der Waals surface area contributed by atoms with E-state index in [1.54, 1.807) is 0 Å². The van der Waals surface area contributed by atoms with E-state index < -0.39 is 11.5 Å². The minimum atomic E-state index is -1.15. The number of nitrogens with one attached hydrogen (secondary N) is 1. The van der Waals surface area contributed by atoms with Gasteiger partial charge in [-0.15, -0.1) is 0 Å². The molecule has 0 bridgehead atoms. The number of urea groups is 1. The molecule has 3 aliphatic rings. The van der Waals surface area contributed by atoms with Crippen LogP contribution in [0, 0.1) is 5.92 Å². The van der Waals surface area contributed by atoms with Crippen molar-refractivity contribution in [2.75, 3.05) is 19.8 Å². The Labute approximate surface area is 118 Å². The molecule has 2 saturated carbocycles. The molecular weight excluding hydrogens is 260 g/mol. The second-order valence-corrected chi connectivity index (χ2v) is 6.26. The Morgan fingerprint density at radius 2 is 1.85 bits per heavy atom. The van der Waals surface area contributed by atoms with Crippen molar-refractivity contribution in [1.82, 2.24) is 10.2 Å². The molecule has 2 N–H and O–H groups in total. The third kappa shape index (κ3) is 2.90. The SMILES string of the molecule is O=C(NC1(C(=O)O)CCOCC1)N(CC1CC1)C1CC1. The number of rotatable bonds is 5. The Morgan fingerprint density at radius 3 is 2.35 bits per heavy atom. The van der Waals surface area contributed by atoms with Gasteiger partial charge in [0.25, 0.3) is 0 Å². The summed E-state index contributed by atoms with van der Waals surface area (Å²) in [6, 6.07) is 0.116. The number of carbonyl (C=O) groups excluding carboxylic acids is 1. The zero-order chi connectivity index (χ0) is 14.2. The lowest BCUT2D eigenvalue weighted by molar-refractivity contribution is -0.148. The number of amides is 2. The molecule has 112 valence electrons. The summed E-state index contributed by atoms with van der Waals surface area (Å²) in [6.45, 7) is 1.56. The van der Waals surface area contributed by atoms with E-state index in [1.165, 1.54) is 12.8 Å². The van der Waals surface area contributed by atoms with Gasteiger partial charge in [-0.05, 0) is 31.6 Å². The number of ether oxygens (including phenoxy) is 1. The number of carbonyl (C=O) groups is 2. The summed E-state index contributed by atoms with van der Waals surface area (Å²) in [7, 11) is 0. The van der Waals surface area contributed by atoms with Crippen molar-refractivity contribution in [3.63, 3.8) is 0 Å². The van der Waals surface area contributed by atoms with Crippen molar-refractivity contribution >= 4 is 12.0 Å². The Morgan fingerprint density at radius 1 is 1.20 bits per heavy atom. The van der Waals surface area contributed by atoms with E-state index in [4.69, 9.17) is 4.74 Å². The number of carboxylic acids is 1. The van der Waals surface area contributed by atoms with Gasteiger partial charge in [-0.1, -0.05) is 0 Å². The summed E-state index contributed by atoms with van der Waals surface area (Å²) in [5.74, 6) is -0.326. The Hall–Kier alpha value is -1.30. The van der Waals surface area contributed by atoms with Gasteiger partial charge in [0.2, 0.25) is 0 Å². The molecule has 6 heteroatoms. The van der Waals surface area contributed by atoms with Gasteiger partial charge in [0, 0.05) is 38.6 Å². The van der Waals surface area contributed by atoms with E-state index in [0.29, 0.717) is 38.0 Å². The molecule has 0 atom stereocenters. The average molecular weight is 282 g/mol. The van der Waals surface area contributed by atoms with Gasteiger partial charge in [-0.3, -0.25) is 0 Å². The lowest BCUT2D eigenvalue weighted by Gasteiger charge is -2.36. The summed E-state index contributed by atoms with van der Waals surface area (Å²) >= 11 is 0. The highest BCUT2D eigenvalue weighted by atomic mass is 16.5. The second kappa shape index (κ2) is 5.24. The van der Waals surface area contributed by atoms with E-state index in [2.05, 4.69) is 5.32 Å². The molecule has 0 aromatic carbocycles. The molecule has 20 heavy (non-hydrogen) atoms. The number of hydrogen-bond acceptors (Lipinski definition) is 3. The van der Waals surface area contributed by atoms with Gasteiger partial charge in [0.05, 0.1) is 0 Å². The molecule has 1 saturated heterocycles. The van der Waals surface area contributed by atoms with Gasteiger partial charge in [-0.25, -0.2) is 9.59 Å². The van der Waals surface area contributed by atoms with Crippen molar-refractivity contribution in [3.05, 3.63) is 0 Å². The zero-order valence-corrected chi connectivity index (χ0v) is 11.6. The predicted molar refractivity (Wildman–Crippen MR) is 71.4 cm³/mol. The number of carboxylic acid groups (broad SMARTS) is 1. The molecule has 6 nitrogen and oxygen atoms in total. The molecule has 2 aliphatic carbocycles. The van der Waals surface area contributed by atoms with Crippen molar-refractivity contribution in [1.29, 1.82) is 0 Å². The normalized spacial score (nSPS) is 25.0. The quantitative estimate of drug-likeness (QED) is 0.794. The third-order valence-electron chi connectivity index (χ3n) is 4.50. The van der Waals surface area contributed by atoms with Gasteiger partial charge < -0.3 is 20.1 Å². The molecule has 1 aliphatic heterocycles. The number of nitrogens with zero attached hydrogens (tertiary/aromatic N) is 1. The first-order valence-electron chi connectivity index (χ1n) is 7.51. The fourth-order valence-electron chi connectivity index (χ4n) is 2.75. The molecule has 3 fully saturated rings. The monoisotopic (exact) mass is 282 g/mol. The van der Waals surface area contributed by atoms with E-state index >= 15 is 0 Å². The maximum atomic E-state index is 12.5. The van der Waals surface area contributed by atoms with Crippen LogP contribution in [0.2, 0.25) is 0 Å². The Balaban J connectivity index is 1.66. The van der Waals surface area contributed by atoms with Gasteiger partial charge >= 0.3 is 12.0 Å². The highest BCUT2D eigenvalue weighted by molar-refractivity contribution is 5.86. The van der Waals surface area contributed by atoms with Crippen LogP contribution in [0.4, 0.5) is 4.79 Å². The second-order valence-electron chi connectivity index (χ2n) is 6.26. The molecule has 0 aromatic rings. The zero-order valence-electron chi connectivity index (χ0n) is 11.6. The Bertz CT molecular complexity index is 398. The molecular formula is C14H22N2O4. The minimum absolute atomic E-state index is 0.205. The maximum absolute atomic E-state index is 12.5. The first-order chi connectivity index (χ1) is 9.61. The van der Waals surface area contributed by atoms with Crippen molar-refractivity contribution < 1.29 is 19.4 Å². The van der Waals surface area contributed by atoms with E-state index in [-0.39, 0.29) is 6.03 Å². The molecule has 0 spiro atoms. The van der Waals surface area contributed by atoms with Gasteiger partial charge in [0.1, 0.15) is 5.54 Å². The van der Waals surface area contributed by atoms with Crippen LogP contribution in [0.15, 0.2) is 0 Å². The van der Waals surface area contributed by atoms with Crippen LogP contribution in [-0.4, -0.2) is 53.3 Å². The molecule has 0 radical (unpaired) electrons. The highest BCUT2D eigenvalue weighted by Gasteiger charge is 2.44. The van der Waals surface area contributed by atoms with Crippen LogP contribution in [0.3, 0.4) is 0 Å². The van der Waals surface area contributed by atoms with E-state index in [1.807, 2.05) is 4.90 Å². The van der Waals surface area contributed by atoms with Crippen molar-refractivity contribution in [3.8, 4) is 0 Å². The summed E-state index contributed by atoms with van der Waals surface area (Å²) < 4.78 is 5.22. The van der Waals surface area contributed by atoms with E-state index in [0.717, 1.165) is 19.4 Å². The lowest BCUT2D eigenvalue weighted by atomic mass is 9.90. The molecule has 0 unspecified atom stereocenters.